The first-order valence-corrected chi connectivity index (χ1v) is 10.8. The molecule has 32 heavy (non-hydrogen) atoms. The third-order valence-electron chi connectivity index (χ3n) is 6.62. The summed E-state index contributed by atoms with van der Waals surface area (Å²) in [4.78, 5) is 0. The van der Waals surface area contributed by atoms with Gasteiger partial charge in [0.1, 0.15) is 11.5 Å². The molecule has 0 saturated carbocycles. The third-order valence-corrected chi connectivity index (χ3v) is 6.62. The van der Waals surface area contributed by atoms with Gasteiger partial charge < -0.3 is 14.6 Å². The van der Waals surface area contributed by atoms with Crippen LogP contribution in [0.5, 0.6) is 11.5 Å². The van der Waals surface area contributed by atoms with Gasteiger partial charge in [0.15, 0.2) is 5.60 Å². The van der Waals surface area contributed by atoms with Gasteiger partial charge in [0.2, 0.25) is 0 Å². The van der Waals surface area contributed by atoms with Crippen LogP contribution in [0.4, 0.5) is 0 Å². The number of hydrogen-bond acceptors (Lipinski definition) is 3. The normalized spacial score (nSPS) is 17.1. The number of aliphatic hydroxyl groups excluding tert-OH is 1. The zero-order valence-corrected chi connectivity index (χ0v) is 18.6. The van der Waals surface area contributed by atoms with Gasteiger partial charge in [0.05, 0.1) is 13.7 Å². The smallest absolute Gasteiger partial charge is 0.178 e. The average Bonchev–Trinajstić information content (AvgIpc) is 2.87. The summed E-state index contributed by atoms with van der Waals surface area (Å²) in [6.07, 6.45) is 4.34. The highest BCUT2D eigenvalue weighted by atomic mass is 16.5. The van der Waals surface area contributed by atoms with E-state index in [0.29, 0.717) is 0 Å². The maximum Gasteiger partial charge on any atom is 0.178 e. The van der Waals surface area contributed by atoms with E-state index in [1.807, 2.05) is 36.4 Å². The lowest BCUT2D eigenvalue weighted by Gasteiger charge is -2.37. The van der Waals surface area contributed by atoms with Crippen LogP contribution in [0, 0.1) is 13.8 Å². The zero-order valence-electron chi connectivity index (χ0n) is 18.6. The molecule has 3 heteroatoms. The largest absolute Gasteiger partial charge is 0.497 e. The van der Waals surface area contributed by atoms with Crippen molar-refractivity contribution in [2.24, 2.45) is 0 Å². The molecule has 4 aromatic carbocycles. The van der Waals surface area contributed by atoms with Crippen molar-refractivity contribution in [3.63, 3.8) is 0 Å². The molecule has 0 saturated heterocycles. The first kappa shape index (κ1) is 20.3. The lowest BCUT2D eigenvalue weighted by Crippen LogP contribution is -2.34. The fourth-order valence-electron chi connectivity index (χ4n) is 4.61. The SMILES string of the molecule is COc1ccc(C2(c3ccc(CO)cc3)C=Cc3c(C)c(C)c4ccccc4c3O2)cc1. The summed E-state index contributed by atoms with van der Waals surface area (Å²) in [7, 11) is 1.67. The van der Waals surface area contributed by atoms with E-state index in [0.717, 1.165) is 39.1 Å². The van der Waals surface area contributed by atoms with Crippen molar-refractivity contribution in [2.75, 3.05) is 7.11 Å². The van der Waals surface area contributed by atoms with E-state index in [4.69, 9.17) is 9.47 Å². The van der Waals surface area contributed by atoms with Gasteiger partial charge in [-0.15, -0.1) is 0 Å². The molecule has 1 aliphatic heterocycles. The van der Waals surface area contributed by atoms with E-state index >= 15 is 0 Å². The van der Waals surface area contributed by atoms with Crippen molar-refractivity contribution >= 4 is 16.8 Å². The molecule has 3 nitrogen and oxygen atoms in total. The summed E-state index contributed by atoms with van der Waals surface area (Å²) in [5, 5.41) is 11.8. The molecule has 1 N–H and O–H groups in total. The second-order valence-corrected chi connectivity index (χ2v) is 8.29. The van der Waals surface area contributed by atoms with Crippen LogP contribution in [0.25, 0.3) is 16.8 Å². The second kappa shape index (κ2) is 7.85. The molecule has 5 rings (SSSR count). The standard InChI is InChI=1S/C29H26O3/c1-19-20(2)26-16-17-29(22-10-8-21(18-30)9-11-22,23-12-14-24(31-3)15-13-23)32-28(26)27-7-5-4-6-25(19)27/h4-17,30H,18H2,1-3H3. The highest BCUT2D eigenvalue weighted by molar-refractivity contribution is 5.96. The highest BCUT2D eigenvalue weighted by Gasteiger charge is 2.38. The molecule has 0 aromatic heterocycles. The number of aryl methyl sites for hydroxylation is 1. The summed E-state index contributed by atoms with van der Waals surface area (Å²) >= 11 is 0. The first-order chi connectivity index (χ1) is 15.6. The van der Waals surface area contributed by atoms with Gasteiger partial charge in [-0.25, -0.2) is 0 Å². The van der Waals surface area contributed by atoms with E-state index in [9.17, 15) is 5.11 Å². The van der Waals surface area contributed by atoms with E-state index in [1.165, 1.54) is 16.5 Å². The number of aliphatic hydroxyl groups is 1. The summed E-state index contributed by atoms with van der Waals surface area (Å²) in [6.45, 7) is 4.34. The minimum Gasteiger partial charge on any atom is -0.497 e. The molecule has 0 amide bonds. The van der Waals surface area contributed by atoms with E-state index in [1.54, 1.807) is 7.11 Å². The fraction of sp³-hybridized carbons (Fsp3) is 0.172. The molecule has 0 fully saturated rings. The molecular weight excluding hydrogens is 396 g/mol. The van der Waals surface area contributed by atoms with Crippen molar-refractivity contribution in [3.8, 4) is 11.5 Å². The fourth-order valence-corrected chi connectivity index (χ4v) is 4.61. The van der Waals surface area contributed by atoms with Gasteiger partial charge in [0.25, 0.3) is 0 Å². The third kappa shape index (κ3) is 3.09. The Kier molecular flexibility index (Phi) is 4.99. The predicted molar refractivity (Wildman–Crippen MR) is 129 cm³/mol. The van der Waals surface area contributed by atoms with E-state index in [-0.39, 0.29) is 6.61 Å². The number of hydrogen-bond donors (Lipinski definition) is 1. The van der Waals surface area contributed by atoms with Gasteiger partial charge in [-0.3, -0.25) is 0 Å². The van der Waals surface area contributed by atoms with Crippen LogP contribution in [0.15, 0.2) is 78.9 Å². The molecule has 0 spiro atoms. The average molecular weight is 423 g/mol. The Morgan fingerprint density at radius 1 is 0.812 bits per heavy atom. The van der Waals surface area contributed by atoms with Gasteiger partial charge in [-0.05, 0) is 54.1 Å². The Morgan fingerprint density at radius 2 is 1.44 bits per heavy atom. The Hall–Kier alpha value is -3.56. The molecule has 1 heterocycles. The van der Waals surface area contributed by atoms with Crippen LogP contribution in [-0.4, -0.2) is 12.2 Å². The van der Waals surface area contributed by atoms with Crippen LogP contribution in [-0.2, 0) is 12.2 Å². The lowest BCUT2D eigenvalue weighted by molar-refractivity contribution is 0.163. The van der Waals surface area contributed by atoms with Crippen LogP contribution in [0.1, 0.15) is 33.4 Å². The monoisotopic (exact) mass is 422 g/mol. The summed E-state index contributed by atoms with van der Waals surface area (Å²) < 4.78 is 12.4. The summed E-state index contributed by atoms with van der Waals surface area (Å²) in [5.41, 5.74) is 5.72. The lowest BCUT2D eigenvalue weighted by atomic mass is 9.82. The Balaban J connectivity index is 1.76. The number of benzene rings is 4. The molecular formula is C29H26O3. The number of methoxy groups -OCH3 is 1. The molecule has 160 valence electrons. The van der Waals surface area contributed by atoms with Crippen LogP contribution in [0.2, 0.25) is 0 Å². The molecule has 4 aromatic rings. The topological polar surface area (TPSA) is 38.7 Å². The Labute approximate surface area is 188 Å². The van der Waals surface area contributed by atoms with Crippen LogP contribution < -0.4 is 9.47 Å². The van der Waals surface area contributed by atoms with Gasteiger partial charge in [-0.2, -0.15) is 0 Å². The van der Waals surface area contributed by atoms with Gasteiger partial charge in [-0.1, -0.05) is 66.7 Å². The first-order valence-electron chi connectivity index (χ1n) is 10.8. The Bertz CT molecular complexity index is 1270. The quantitative estimate of drug-likeness (QED) is 0.419. The van der Waals surface area contributed by atoms with Crippen LogP contribution >= 0.6 is 0 Å². The number of rotatable bonds is 4. The molecule has 1 aliphatic rings. The highest BCUT2D eigenvalue weighted by Crippen LogP contribution is 2.47. The van der Waals surface area contributed by atoms with Crippen molar-refractivity contribution in [2.45, 2.75) is 26.1 Å². The minimum atomic E-state index is -0.794. The maximum atomic E-state index is 9.52. The van der Waals surface area contributed by atoms with Crippen molar-refractivity contribution in [1.82, 2.24) is 0 Å². The van der Waals surface area contributed by atoms with Gasteiger partial charge >= 0.3 is 0 Å². The van der Waals surface area contributed by atoms with Crippen molar-refractivity contribution < 1.29 is 14.6 Å². The van der Waals surface area contributed by atoms with Gasteiger partial charge in [0, 0.05) is 22.1 Å². The molecule has 1 atom stereocenters. The number of fused-ring (bicyclic) bond motifs is 3. The van der Waals surface area contributed by atoms with Crippen molar-refractivity contribution in [1.29, 1.82) is 0 Å². The van der Waals surface area contributed by atoms with E-state index < -0.39 is 5.60 Å². The molecule has 0 radical (unpaired) electrons. The predicted octanol–water partition coefficient (Wildman–Crippen LogP) is 6.31. The zero-order chi connectivity index (χ0) is 22.3. The molecule has 1 unspecified atom stereocenters. The molecule has 0 bridgehead atoms. The maximum absolute atomic E-state index is 9.52. The summed E-state index contributed by atoms with van der Waals surface area (Å²) in [6, 6.07) is 24.4. The molecule has 0 aliphatic carbocycles. The second-order valence-electron chi connectivity index (χ2n) is 8.29. The Morgan fingerprint density at radius 3 is 2.06 bits per heavy atom. The number of ether oxygens (including phenoxy) is 2. The van der Waals surface area contributed by atoms with E-state index in [2.05, 4.69) is 62.4 Å². The minimum absolute atomic E-state index is 0.0124. The van der Waals surface area contributed by atoms with Crippen LogP contribution in [0.3, 0.4) is 0 Å². The van der Waals surface area contributed by atoms with Crippen molar-refractivity contribution in [3.05, 3.63) is 112 Å². The summed E-state index contributed by atoms with van der Waals surface area (Å²) in [5.74, 6) is 1.70.